The largest absolute Gasteiger partial charge is 0.339 e. The van der Waals surface area contributed by atoms with Crippen LogP contribution in [-0.4, -0.2) is 37.8 Å². The standard InChI is InChI=1S/C28H36N6O2/c1-16(2)15-34-23(13-14-29-34)27(35)31-26(25(20-5-6-20)21-7-8-21)28(36)30-22-11-9-19(10-12-22)24-17(3)32-33-18(24)4/h9-14,16,20-21,25-26H,5-8,15H2,1-4H3,(H,30,36)(H,31,35)(H,32,33)/t26-/m0/s1. The Bertz CT molecular complexity index is 1200. The predicted octanol–water partition coefficient (Wildman–Crippen LogP) is 4.72. The maximum atomic E-state index is 13.6. The number of anilines is 1. The van der Waals surface area contributed by atoms with Crippen LogP contribution in [0.4, 0.5) is 5.69 Å². The predicted molar refractivity (Wildman–Crippen MR) is 139 cm³/mol. The summed E-state index contributed by atoms with van der Waals surface area (Å²) in [5, 5.41) is 17.8. The van der Waals surface area contributed by atoms with E-state index in [9.17, 15) is 9.59 Å². The van der Waals surface area contributed by atoms with Crippen LogP contribution in [0.3, 0.4) is 0 Å². The second-order valence-electron chi connectivity index (χ2n) is 10.9. The van der Waals surface area contributed by atoms with E-state index in [4.69, 9.17) is 0 Å². The van der Waals surface area contributed by atoms with Gasteiger partial charge in [-0.2, -0.15) is 10.2 Å². The average molecular weight is 489 g/mol. The molecule has 3 aromatic rings. The minimum absolute atomic E-state index is 0.148. The Labute approximate surface area is 212 Å². The number of nitrogens with one attached hydrogen (secondary N) is 3. The van der Waals surface area contributed by atoms with E-state index in [0.717, 1.165) is 53.9 Å². The van der Waals surface area contributed by atoms with Crippen LogP contribution in [0.15, 0.2) is 36.5 Å². The van der Waals surface area contributed by atoms with E-state index >= 15 is 0 Å². The first-order valence-corrected chi connectivity index (χ1v) is 13.1. The number of aromatic amines is 1. The van der Waals surface area contributed by atoms with Crippen molar-refractivity contribution >= 4 is 17.5 Å². The van der Waals surface area contributed by atoms with Crippen LogP contribution in [0.5, 0.6) is 0 Å². The van der Waals surface area contributed by atoms with Gasteiger partial charge >= 0.3 is 0 Å². The molecule has 190 valence electrons. The zero-order chi connectivity index (χ0) is 25.4. The van der Waals surface area contributed by atoms with Crippen molar-refractivity contribution in [2.75, 3.05) is 5.32 Å². The molecule has 2 heterocycles. The van der Waals surface area contributed by atoms with Crippen molar-refractivity contribution in [3.63, 3.8) is 0 Å². The smallest absolute Gasteiger partial charge is 0.270 e. The summed E-state index contributed by atoms with van der Waals surface area (Å²) in [5.41, 5.74) is 5.31. The monoisotopic (exact) mass is 488 g/mol. The minimum Gasteiger partial charge on any atom is -0.339 e. The molecule has 2 aliphatic rings. The summed E-state index contributed by atoms with van der Waals surface area (Å²) in [6.45, 7) is 8.82. The first-order chi connectivity index (χ1) is 17.3. The van der Waals surface area contributed by atoms with Crippen molar-refractivity contribution in [2.45, 2.75) is 66.0 Å². The van der Waals surface area contributed by atoms with Gasteiger partial charge in [0.1, 0.15) is 11.7 Å². The number of nitrogens with zero attached hydrogens (tertiary/aromatic N) is 3. The lowest BCUT2D eigenvalue weighted by Gasteiger charge is -2.27. The van der Waals surface area contributed by atoms with Crippen molar-refractivity contribution < 1.29 is 9.59 Å². The SMILES string of the molecule is Cc1n[nH]c(C)c1-c1ccc(NC(=O)[C@@H](NC(=O)c2ccnn2CC(C)C)C(C2CC2)C2CC2)cc1. The lowest BCUT2D eigenvalue weighted by atomic mass is 9.88. The van der Waals surface area contributed by atoms with Crippen molar-refractivity contribution in [1.29, 1.82) is 0 Å². The van der Waals surface area contributed by atoms with Gasteiger partial charge in [0, 0.05) is 29.7 Å². The number of hydrogen-bond acceptors (Lipinski definition) is 4. The molecule has 1 atom stereocenters. The van der Waals surface area contributed by atoms with Crippen LogP contribution in [0, 0.1) is 37.5 Å². The second-order valence-corrected chi connectivity index (χ2v) is 10.9. The Morgan fingerprint density at radius 3 is 2.28 bits per heavy atom. The molecule has 2 amide bonds. The summed E-state index contributed by atoms with van der Waals surface area (Å²) < 4.78 is 1.73. The Morgan fingerprint density at radius 1 is 1.06 bits per heavy atom. The fraction of sp³-hybridized carbons (Fsp3) is 0.500. The summed E-state index contributed by atoms with van der Waals surface area (Å²) in [7, 11) is 0. The van der Waals surface area contributed by atoms with Gasteiger partial charge in [-0.25, -0.2) is 0 Å². The molecule has 8 nitrogen and oxygen atoms in total. The van der Waals surface area contributed by atoms with Crippen LogP contribution < -0.4 is 10.6 Å². The van der Waals surface area contributed by atoms with E-state index in [-0.39, 0.29) is 17.7 Å². The second kappa shape index (κ2) is 9.91. The fourth-order valence-corrected chi connectivity index (χ4v) is 5.38. The molecule has 2 saturated carbocycles. The normalized spacial score (nSPS) is 16.4. The van der Waals surface area contributed by atoms with E-state index in [0.29, 0.717) is 30.0 Å². The lowest BCUT2D eigenvalue weighted by molar-refractivity contribution is -0.119. The van der Waals surface area contributed by atoms with Crippen molar-refractivity contribution in [2.24, 2.45) is 23.7 Å². The summed E-state index contributed by atoms with van der Waals surface area (Å²) in [6, 6.07) is 8.99. The minimum atomic E-state index is -0.571. The van der Waals surface area contributed by atoms with E-state index in [1.54, 1.807) is 16.9 Å². The van der Waals surface area contributed by atoms with Gasteiger partial charge in [0.05, 0.1) is 5.69 Å². The fourth-order valence-electron chi connectivity index (χ4n) is 5.38. The molecule has 0 aliphatic heterocycles. The Morgan fingerprint density at radius 2 is 1.72 bits per heavy atom. The summed E-state index contributed by atoms with van der Waals surface area (Å²) in [4.78, 5) is 27.0. The van der Waals surface area contributed by atoms with Crippen molar-refractivity contribution in [3.8, 4) is 11.1 Å². The molecular formula is C28H36N6O2. The zero-order valence-electron chi connectivity index (χ0n) is 21.5. The van der Waals surface area contributed by atoms with Crippen LogP contribution in [-0.2, 0) is 11.3 Å². The van der Waals surface area contributed by atoms with Crippen LogP contribution in [0.25, 0.3) is 11.1 Å². The number of amides is 2. The molecule has 2 aromatic heterocycles. The highest BCUT2D eigenvalue weighted by Crippen LogP contribution is 2.51. The number of aryl methyl sites for hydroxylation is 2. The summed E-state index contributed by atoms with van der Waals surface area (Å²) >= 11 is 0. The highest BCUT2D eigenvalue weighted by Gasteiger charge is 2.48. The van der Waals surface area contributed by atoms with Crippen LogP contribution >= 0.6 is 0 Å². The first-order valence-electron chi connectivity index (χ1n) is 13.1. The Kier molecular flexibility index (Phi) is 6.69. The van der Waals surface area contributed by atoms with Gasteiger partial charge in [-0.1, -0.05) is 26.0 Å². The number of rotatable bonds is 10. The molecule has 3 N–H and O–H groups in total. The van der Waals surface area contributed by atoms with Gasteiger partial charge in [-0.05, 0) is 87.0 Å². The molecule has 5 rings (SSSR count). The van der Waals surface area contributed by atoms with Crippen molar-refractivity contribution in [1.82, 2.24) is 25.3 Å². The third-order valence-corrected chi connectivity index (χ3v) is 7.34. The average Bonchev–Trinajstić information content (AvgIpc) is 3.77. The number of H-pyrrole nitrogens is 1. The van der Waals surface area contributed by atoms with E-state index < -0.39 is 6.04 Å². The number of carbonyl (C=O) groups is 2. The molecule has 8 heteroatoms. The number of benzene rings is 1. The highest BCUT2D eigenvalue weighted by molar-refractivity contribution is 6.01. The number of carbonyl (C=O) groups excluding carboxylic acids is 2. The molecule has 0 bridgehead atoms. The van der Waals surface area contributed by atoms with Crippen LogP contribution in [0.1, 0.15) is 61.4 Å². The summed E-state index contributed by atoms with van der Waals surface area (Å²) in [5.74, 6) is 1.16. The highest BCUT2D eigenvalue weighted by atomic mass is 16.2. The van der Waals surface area contributed by atoms with Gasteiger partial charge in [-0.3, -0.25) is 19.4 Å². The maximum Gasteiger partial charge on any atom is 0.270 e. The summed E-state index contributed by atoms with van der Waals surface area (Å²) in [6.07, 6.45) is 6.17. The molecule has 0 radical (unpaired) electrons. The molecule has 36 heavy (non-hydrogen) atoms. The maximum absolute atomic E-state index is 13.6. The Balaban J connectivity index is 1.35. The molecule has 0 unspecified atom stereocenters. The van der Waals surface area contributed by atoms with E-state index in [1.165, 1.54) is 0 Å². The van der Waals surface area contributed by atoms with Crippen molar-refractivity contribution in [3.05, 3.63) is 53.6 Å². The molecular weight excluding hydrogens is 452 g/mol. The molecule has 0 saturated heterocycles. The topological polar surface area (TPSA) is 105 Å². The lowest BCUT2D eigenvalue weighted by Crippen LogP contribution is -2.50. The van der Waals surface area contributed by atoms with Gasteiger partial charge < -0.3 is 10.6 Å². The van der Waals surface area contributed by atoms with Crippen LogP contribution in [0.2, 0.25) is 0 Å². The van der Waals surface area contributed by atoms with Gasteiger partial charge in [-0.15, -0.1) is 0 Å². The molecule has 1 aromatic carbocycles. The molecule has 2 fully saturated rings. The quantitative estimate of drug-likeness (QED) is 0.384. The third-order valence-electron chi connectivity index (χ3n) is 7.34. The van der Waals surface area contributed by atoms with E-state index in [2.05, 4.69) is 39.8 Å². The molecule has 0 spiro atoms. The number of hydrogen-bond donors (Lipinski definition) is 3. The van der Waals surface area contributed by atoms with Gasteiger partial charge in [0.25, 0.3) is 5.91 Å². The zero-order valence-corrected chi connectivity index (χ0v) is 21.5. The van der Waals surface area contributed by atoms with E-state index in [1.807, 2.05) is 38.1 Å². The first kappa shape index (κ1) is 24.3. The Hall–Kier alpha value is -3.42. The number of aromatic nitrogens is 4. The van der Waals surface area contributed by atoms with Gasteiger partial charge in [0.2, 0.25) is 5.91 Å². The third kappa shape index (κ3) is 5.22. The van der Waals surface area contributed by atoms with Gasteiger partial charge in [0.15, 0.2) is 0 Å². The molecule has 2 aliphatic carbocycles.